The summed E-state index contributed by atoms with van der Waals surface area (Å²) in [6.07, 6.45) is -14.2. The van der Waals surface area contributed by atoms with E-state index in [1.165, 1.54) is 44.6 Å². The van der Waals surface area contributed by atoms with E-state index in [-0.39, 0.29) is 39.5 Å². The third-order valence-corrected chi connectivity index (χ3v) is 7.41. The van der Waals surface area contributed by atoms with Gasteiger partial charge in [0.05, 0.1) is 27.4 Å². The van der Waals surface area contributed by atoms with E-state index in [9.17, 15) is 45.6 Å². The van der Waals surface area contributed by atoms with Gasteiger partial charge in [-0.25, -0.2) is 0 Å². The van der Waals surface area contributed by atoms with E-state index in [4.69, 9.17) is 32.8 Å². The molecular weight excluding hydrogens is 592 g/mol. The third kappa shape index (κ3) is 5.74. The molecular formula is C28H32O16. The zero-order valence-electron chi connectivity index (χ0n) is 23.3. The molecule has 2 fully saturated rings. The first kappa shape index (κ1) is 31.7. The van der Waals surface area contributed by atoms with Crippen LogP contribution in [0.15, 0.2) is 39.5 Å². The number of fused-ring (bicyclic) bond motifs is 1. The zero-order chi connectivity index (χ0) is 31.9. The van der Waals surface area contributed by atoms with Crippen LogP contribution in [0.25, 0.3) is 22.3 Å². The molecule has 0 spiro atoms. The van der Waals surface area contributed by atoms with Gasteiger partial charge in [0.1, 0.15) is 65.2 Å². The summed E-state index contributed by atoms with van der Waals surface area (Å²) in [6.45, 7) is -1.22. The summed E-state index contributed by atoms with van der Waals surface area (Å²) in [5.41, 5.74) is -0.772. The van der Waals surface area contributed by atoms with Crippen LogP contribution in [0.3, 0.4) is 0 Å². The number of rotatable bonds is 9. The Morgan fingerprint density at radius 2 is 1.48 bits per heavy atom. The number of hydrogen-bond donors (Lipinski definition) is 8. The van der Waals surface area contributed by atoms with Crippen molar-refractivity contribution >= 4 is 11.0 Å². The number of ether oxygens (including phenoxy) is 6. The normalized spacial score (nSPS) is 30.4. The Morgan fingerprint density at radius 3 is 2.16 bits per heavy atom. The van der Waals surface area contributed by atoms with Crippen molar-refractivity contribution in [2.45, 2.75) is 55.3 Å². The summed E-state index contributed by atoms with van der Waals surface area (Å²) in [4.78, 5) is 13.7. The van der Waals surface area contributed by atoms with Gasteiger partial charge in [0.2, 0.25) is 17.5 Å². The number of methoxy groups -OCH3 is 2. The molecule has 0 saturated carbocycles. The molecule has 3 aromatic rings. The molecule has 0 amide bonds. The molecule has 9 atom stereocenters. The summed E-state index contributed by atoms with van der Waals surface area (Å²) in [5.74, 6) is -1.23. The molecule has 5 rings (SSSR count). The van der Waals surface area contributed by atoms with Gasteiger partial charge in [0.25, 0.3) is 0 Å². The van der Waals surface area contributed by atoms with Crippen LogP contribution in [0.2, 0.25) is 0 Å². The van der Waals surface area contributed by atoms with Crippen molar-refractivity contribution in [2.75, 3.05) is 27.4 Å². The SMILES string of the molecule is COc1cc(O)c2c(=O)c(O[C@@H]3O[C@H](CO[C@@H]4O[C@H](CO)[C@@H](O)[C@H](O)[C@H]4O)[C@@H](O)[C@@H]3O)c(-c3ccc(O)c(OC)c3)oc2c1. The molecule has 2 saturated heterocycles. The summed E-state index contributed by atoms with van der Waals surface area (Å²) in [5, 5.41) is 81.3. The van der Waals surface area contributed by atoms with Crippen LogP contribution in [-0.2, 0) is 14.2 Å². The van der Waals surface area contributed by atoms with E-state index in [1.807, 2.05) is 0 Å². The first-order chi connectivity index (χ1) is 21.0. The molecule has 0 bridgehead atoms. The van der Waals surface area contributed by atoms with E-state index in [0.29, 0.717) is 0 Å². The third-order valence-electron chi connectivity index (χ3n) is 7.41. The number of phenols is 2. The Bertz CT molecular complexity index is 1540. The molecule has 1 aromatic heterocycles. The number of aliphatic hydroxyl groups is 6. The minimum Gasteiger partial charge on any atom is -0.507 e. The van der Waals surface area contributed by atoms with Crippen molar-refractivity contribution in [1.82, 2.24) is 0 Å². The van der Waals surface area contributed by atoms with E-state index < -0.39 is 85.4 Å². The summed E-state index contributed by atoms with van der Waals surface area (Å²) in [6, 6.07) is 6.57. The van der Waals surface area contributed by atoms with Gasteiger partial charge in [-0.05, 0) is 18.2 Å². The smallest absolute Gasteiger partial charge is 0.239 e. The highest BCUT2D eigenvalue weighted by molar-refractivity contribution is 5.88. The fraction of sp³-hybridized carbons (Fsp3) is 0.464. The van der Waals surface area contributed by atoms with Crippen molar-refractivity contribution in [3.63, 3.8) is 0 Å². The van der Waals surface area contributed by atoms with Gasteiger partial charge in [-0.15, -0.1) is 0 Å². The predicted octanol–water partition coefficient (Wildman–Crippen LogP) is -1.47. The minimum atomic E-state index is -1.75. The molecule has 0 radical (unpaired) electrons. The molecule has 44 heavy (non-hydrogen) atoms. The fourth-order valence-electron chi connectivity index (χ4n) is 4.95. The second-order valence-electron chi connectivity index (χ2n) is 10.2. The number of aromatic hydroxyl groups is 2. The average Bonchev–Trinajstić information content (AvgIpc) is 3.28. The van der Waals surface area contributed by atoms with E-state index >= 15 is 0 Å². The number of hydrogen-bond acceptors (Lipinski definition) is 16. The first-order valence-electron chi connectivity index (χ1n) is 13.3. The molecule has 2 aromatic carbocycles. The highest BCUT2D eigenvalue weighted by atomic mass is 16.7. The monoisotopic (exact) mass is 624 g/mol. The molecule has 0 unspecified atom stereocenters. The van der Waals surface area contributed by atoms with Crippen LogP contribution in [0, 0.1) is 0 Å². The Balaban J connectivity index is 1.45. The molecule has 240 valence electrons. The Morgan fingerprint density at radius 1 is 0.795 bits per heavy atom. The van der Waals surface area contributed by atoms with E-state index in [0.717, 1.165) is 0 Å². The molecule has 2 aliphatic heterocycles. The molecule has 8 N–H and O–H groups in total. The quantitative estimate of drug-likeness (QED) is 0.135. The highest BCUT2D eigenvalue weighted by Crippen LogP contribution is 2.40. The molecule has 2 aliphatic rings. The molecule has 0 aliphatic carbocycles. The van der Waals surface area contributed by atoms with Crippen LogP contribution in [0.4, 0.5) is 0 Å². The lowest BCUT2D eigenvalue weighted by atomic mass is 9.99. The maximum atomic E-state index is 13.7. The van der Waals surface area contributed by atoms with Gasteiger partial charge in [-0.3, -0.25) is 4.79 Å². The Hall–Kier alpha value is -3.71. The molecule has 16 nitrogen and oxygen atoms in total. The standard InChI is InChI=1S/C28H32O16/c1-38-11-6-13(31)18-15(7-11)41-25(10-3-4-12(30)14(5-10)39-2)26(21(18)34)44-28-23(36)20(33)17(43-28)9-40-27-24(37)22(35)19(32)16(8-29)42-27/h3-7,16-17,19-20,22-24,27-33,35-37H,8-9H2,1-2H3/t16-,17-,19-,20-,22+,23+,24-,27-,28+/m1/s1. The lowest BCUT2D eigenvalue weighted by molar-refractivity contribution is -0.306. The van der Waals surface area contributed by atoms with Crippen molar-refractivity contribution in [2.24, 2.45) is 0 Å². The van der Waals surface area contributed by atoms with Crippen molar-refractivity contribution in [1.29, 1.82) is 0 Å². The Labute approximate surface area is 248 Å². The maximum absolute atomic E-state index is 13.7. The number of aliphatic hydroxyl groups excluding tert-OH is 6. The largest absolute Gasteiger partial charge is 0.507 e. The van der Waals surface area contributed by atoms with Crippen molar-refractivity contribution in [3.8, 4) is 40.1 Å². The summed E-state index contributed by atoms with van der Waals surface area (Å²) >= 11 is 0. The van der Waals surface area contributed by atoms with Gasteiger partial charge in [0.15, 0.2) is 23.5 Å². The number of phenolic OH excluding ortho intramolecular Hbond substituents is 2. The van der Waals surface area contributed by atoms with Crippen LogP contribution in [-0.4, -0.2) is 124 Å². The maximum Gasteiger partial charge on any atom is 0.239 e. The van der Waals surface area contributed by atoms with Crippen molar-refractivity contribution < 1.29 is 73.7 Å². The van der Waals surface area contributed by atoms with Crippen LogP contribution in [0.5, 0.6) is 28.7 Å². The van der Waals surface area contributed by atoms with E-state index in [2.05, 4.69) is 0 Å². The molecule has 3 heterocycles. The van der Waals surface area contributed by atoms with Gasteiger partial charge in [-0.2, -0.15) is 0 Å². The fourth-order valence-corrected chi connectivity index (χ4v) is 4.95. The van der Waals surface area contributed by atoms with Gasteiger partial charge in [-0.1, -0.05) is 0 Å². The van der Waals surface area contributed by atoms with Gasteiger partial charge < -0.3 is 73.7 Å². The predicted molar refractivity (Wildman–Crippen MR) is 145 cm³/mol. The summed E-state index contributed by atoms with van der Waals surface area (Å²) in [7, 11) is 2.66. The van der Waals surface area contributed by atoms with Gasteiger partial charge in [0, 0.05) is 17.7 Å². The second kappa shape index (κ2) is 12.7. The molecule has 16 heteroatoms. The summed E-state index contributed by atoms with van der Waals surface area (Å²) < 4.78 is 38.4. The van der Waals surface area contributed by atoms with Crippen LogP contribution in [0.1, 0.15) is 0 Å². The van der Waals surface area contributed by atoms with E-state index in [1.54, 1.807) is 0 Å². The van der Waals surface area contributed by atoms with Crippen LogP contribution < -0.4 is 19.6 Å². The Kier molecular flexibility index (Phi) is 9.17. The van der Waals surface area contributed by atoms with Gasteiger partial charge >= 0.3 is 0 Å². The second-order valence-corrected chi connectivity index (χ2v) is 10.2. The van der Waals surface area contributed by atoms with Crippen molar-refractivity contribution in [3.05, 3.63) is 40.6 Å². The zero-order valence-corrected chi connectivity index (χ0v) is 23.3. The minimum absolute atomic E-state index is 0.0302. The number of benzene rings is 2. The first-order valence-corrected chi connectivity index (χ1v) is 13.3. The van der Waals surface area contributed by atoms with Crippen LogP contribution >= 0.6 is 0 Å². The topological polar surface area (TPSA) is 247 Å². The highest BCUT2D eigenvalue weighted by Gasteiger charge is 2.48. The average molecular weight is 625 g/mol. The lowest BCUT2D eigenvalue weighted by Gasteiger charge is -2.39. The lowest BCUT2D eigenvalue weighted by Crippen LogP contribution is -2.59.